The van der Waals surface area contributed by atoms with Crippen LogP contribution in [-0.4, -0.2) is 49.1 Å². The molecule has 0 aliphatic heterocycles. The fraction of sp³-hybridized carbons (Fsp3) is 0.448. The van der Waals surface area contributed by atoms with Crippen LogP contribution in [0.3, 0.4) is 0 Å². The fourth-order valence-corrected chi connectivity index (χ4v) is 4.76. The lowest BCUT2D eigenvalue weighted by atomic mass is 9.96. The van der Waals surface area contributed by atoms with Crippen molar-refractivity contribution in [1.29, 1.82) is 0 Å². The molecule has 5 N–H and O–H groups in total. The second-order valence-corrected chi connectivity index (χ2v) is 10.3. The first-order chi connectivity index (χ1) is 17.8. The number of para-hydroxylation sites is 1. The Kier molecular flexibility index (Phi) is 11.0. The second kappa shape index (κ2) is 14.2. The molecular formula is C29H39ClN4O3. The van der Waals surface area contributed by atoms with E-state index in [1.807, 2.05) is 68.5 Å². The zero-order chi connectivity index (χ0) is 26.7. The van der Waals surface area contributed by atoms with Crippen LogP contribution < -0.4 is 26.4 Å². The summed E-state index contributed by atoms with van der Waals surface area (Å²) in [5, 5.41) is 9.99. The monoisotopic (exact) mass is 526 g/mol. The summed E-state index contributed by atoms with van der Waals surface area (Å²) < 4.78 is 6.03. The molecule has 200 valence electrons. The first-order valence-electron chi connectivity index (χ1n) is 13.0. The molecule has 2 amide bonds. The van der Waals surface area contributed by atoms with E-state index in [0.29, 0.717) is 31.1 Å². The van der Waals surface area contributed by atoms with Crippen LogP contribution in [0.15, 0.2) is 54.6 Å². The maximum atomic E-state index is 12.8. The van der Waals surface area contributed by atoms with Crippen molar-refractivity contribution in [2.24, 2.45) is 5.73 Å². The van der Waals surface area contributed by atoms with E-state index in [1.165, 1.54) is 0 Å². The number of nitrogens with two attached hydrogens (primary N) is 1. The fourth-order valence-electron chi connectivity index (χ4n) is 4.55. The van der Waals surface area contributed by atoms with Gasteiger partial charge in [0, 0.05) is 29.7 Å². The number of ether oxygens (including phenoxy) is 1. The lowest BCUT2D eigenvalue weighted by Gasteiger charge is -2.30. The molecule has 1 aliphatic carbocycles. The molecule has 8 heteroatoms. The molecule has 0 bridgehead atoms. The molecular weight excluding hydrogens is 488 g/mol. The Balaban J connectivity index is 1.45. The van der Waals surface area contributed by atoms with E-state index >= 15 is 0 Å². The van der Waals surface area contributed by atoms with Crippen molar-refractivity contribution in [2.75, 3.05) is 19.7 Å². The minimum atomic E-state index is -0.652. The summed E-state index contributed by atoms with van der Waals surface area (Å²) in [4.78, 5) is 25.1. The average Bonchev–Trinajstić information content (AvgIpc) is 3.35. The highest BCUT2D eigenvalue weighted by Gasteiger charge is 2.40. The Morgan fingerprint density at radius 3 is 2.62 bits per heavy atom. The maximum Gasteiger partial charge on any atom is 0.240 e. The van der Waals surface area contributed by atoms with E-state index in [0.717, 1.165) is 42.6 Å². The summed E-state index contributed by atoms with van der Waals surface area (Å²) in [6.45, 7) is 5.33. The predicted octanol–water partition coefficient (Wildman–Crippen LogP) is 3.85. The van der Waals surface area contributed by atoms with Crippen LogP contribution in [0.1, 0.15) is 50.7 Å². The van der Waals surface area contributed by atoms with Gasteiger partial charge in [-0.3, -0.25) is 14.9 Å². The van der Waals surface area contributed by atoms with Crippen molar-refractivity contribution in [1.82, 2.24) is 16.0 Å². The number of rotatable bonds is 13. The summed E-state index contributed by atoms with van der Waals surface area (Å²) in [6.07, 6.45) is 8.00. The number of halogens is 1. The first kappa shape index (κ1) is 28.7. The number of hydrogen-bond donors (Lipinski definition) is 4. The number of hydrogen-bond acceptors (Lipinski definition) is 5. The Labute approximate surface area is 225 Å². The van der Waals surface area contributed by atoms with Gasteiger partial charge in [-0.25, -0.2) is 0 Å². The summed E-state index contributed by atoms with van der Waals surface area (Å²) in [5.74, 6) is 0.608. The summed E-state index contributed by atoms with van der Waals surface area (Å²) in [7, 11) is 0. The standard InChI is InChI=1S/C29H39ClN4O3/c1-21(2)34-28(36)29(14-5-6-15-29)33-17-18-37-26-13-4-3-10-23(26)11-8-16-32-27(35)25(31)20-22-9-7-12-24(30)19-22/h3-4,7-13,19,21,25,33H,5-6,14-18,20,31H2,1-2H3,(H,32,35)(H,34,36)/b11-8+/t25-/m1/s1. The van der Waals surface area contributed by atoms with E-state index in [1.54, 1.807) is 6.07 Å². The third-order valence-electron chi connectivity index (χ3n) is 6.43. The molecule has 0 unspecified atom stereocenters. The highest BCUT2D eigenvalue weighted by Crippen LogP contribution is 2.30. The van der Waals surface area contributed by atoms with Crippen LogP contribution in [-0.2, 0) is 16.0 Å². The molecule has 0 saturated heterocycles. The van der Waals surface area contributed by atoms with Crippen molar-refractivity contribution in [2.45, 2.75) is 63.6 Å². The number of amides is 2. The number of benzene rings is 2. The molecule has 0 spiro atoms. The molecule has 3 rings (SSSR count). The van der Waals surface area contributed by atoms with Crippen molar-refractivity contribution in [3.63, 3.8) is 0 Å². The maximum absolute atomic E-state index is 12.8. The van der Waals surface area contributed by atoms with Gasteiger partial charge in [0.15, 0.2) is 0 Å². The minimum absolute atomic E-state index is 0.0812. The summed E-state index contributed by atoms with van der Waals surface area (Å²) in [6, 6.07) is 14.5. The highest BCUT2D eigenvalue weighted by molar-refractivity contribution is 6.30. The lowest BCUT2D eigenvalue weighted by molar-refractivity contribution is -0.128. The van der Waals surface area contributed by atoms with Crippen LogP contribution in [0.2, 0.25) is 5.02 Å². The summed E-state index contributed by atoms with van der Waals surface area (Å²) in [5.41, 5.74) is 7.38. The topological polar surface area (TPSA) is 105 Å². The van der Waals surface area contributed by atoms with Crippen LogP contribution in [0, 0.1) is 0 Å². The Hall–Kier alpha value is -2.87. The van der Waals surface area contributed by atoms with E-state index in [4.69, 9.17) is 22.1 Å². The van der Waals surface area contributed by atoms with E-state index in [9.17, 15) is 9.59 Å². The second-order valence-electron chi connectivity index (χ2n) is 9.82. The van der Waals surface area contributed by atoms with E-state index < -0.39 is 11.6 Å². The van der Waals surface area contributed by atoms with Gasteiger partial charge in [-0.2, -0.15) is 0 Å². The van der Waals surface area contributed by atoms with Gasteiger partial charge in [0.25, 0.3) is 0 Å². The molecule has 1 atom stereocenters. The van der Waals surface area contributed by atoms with E-state index in [-0.39, 0.29) is 17.9 Å². The quantitative estimate of drug-likeness (QED) is 0.297. The molecule has 1 saturated carbocycles. The molecule has 2 aromatic rings. The van der Waals surface area contributed by atoms with Crippen LogP contribution in [0.4, 0.5) is 0 Å². The van der Waals surface area contributed by atoms with Gasteiger partial charge in [0.1, 0.15) is 12.4 Å². The Morgan fingerprint density at radius 1 is 1.14 bits per heavy atom. The number of nitrogens with one attached hydrogen (secondary N) is 3. The van der Waals surface area contributed by atoms with Gasteiger partial charge in [-0.1, -0.05) is 66.9 Å². The molecule has 7 nitrogen and oxygen atoms in total. The lowest BCUT2D eigenvalue weighted by Crippen LogP contribution is -2.57. The third-order valence-corrected chi connectivity index (χ3v) is 6.66. The van der Waals surface area contributed by atoms with Gasteiger partial charge in [-0.05, 0) is 56.9 Å². The van der Waals surface area contributed by atoms with Gasteiger partial charge in [0.05, 0.1) is 11.6 Å². The highest BCUT2D eigenvalue weighted by atomic mass is 35.5. The van der Waals surface area contributed by atoms with Crippen molar-refractivity contribution < 1.29 is 14.3 Å². The minimum Gasteiger partial charge on any atom is -0.492 e. The summed E-state index contributed by atoms with van der Waals surface area (Å²) >= 11 is 6.01. The largest absolute Gasteiger partial charge is 0.492 e. The van der Waals surface area contributed by atoms with Crippen LogP contribution >= 0.6 is 11.6 Å². The van der Waals surface area contributed by atoms with Gasteiger partial charge in [0.2, 0.25) is 11.8 Å². The van der Waals surface area contributed by atoms with Gasteiger partial charge < -0.3 is 21.1 Å². The molecule has 0 aromatic heterocycles. The van der Waals surface area contributed by atoms with Crippen LogP contribution in [0.5, 0.6) is 5.75 Å². The molecule has 37 heavy (non-hydrogen) atoms. The van der Waals surface area contributed by atoms with Crippen molar-refractivity contribution in [3.05, 3.63) is 70.8 Å². The zero-order valence-corrected chi connectivity index (χ0v) is 22.5. The SMILES string of the molecule is CC(C)NC(=O)C1(NCCOc2ccccc2/C=C/CNC(=O)[C@H](N)Cc2cccc(Cl)c2)CCCC1. The first-order valence-corrected chi connectivity index (χ1v) is 13.4. The molecule has 1 fully saturated rings. The number of carbonyl (C=O) groups is 2. The van der Waals surface area contributed by atoms with Crippen molar-refractivity contribution >= 4 is 29.5 Å². The van der Waals surface area contributed by atoms with Crippen LogP contribution in [0.25, 0.3) is 6.08 Å². The third kappa shape index (κ3) is 8.88. The zero-order valence-electron chi connectivity index (χ0n) is 21.8. The molecule has 2 aromatic carbocycles. The molecule has 1 aliphatic rings. The normalized spacial score (nSPS) is 15.6. The number of carbonyl (C=O) groups excluding carboxylic acids is 2. The van der Waals surface area contributed by atoms with Gasteiger partial charge >= 0.3 is 0 Å². The molecule has 0 radical (unpaired) electrons. The predicted molar refractivity (Wildman–Crippen MR) is 150 cm³/mol. The smallest absolute Gasteiger partial charge is 0.240 e. The Morgan fingerprint density at radius 2 is 1.89 bits per heavy atom. The average molecular weight is 527 g/mol. The van der Waals surface area contributed by atoms with E-state index in [2.05, 4.69) is 16.0 Å². The Bertz CT molecular complexity index is 1070. The van der Waals surface area contributed by atoms with Crippen molar-refractivity contribution in [3.8, 4) is 5.75 Å². The molecule has 0 heterocycles. The van der Waals surface area contributed by atoms with Gasteiger partial charge in [-0.15, -0.1) is 0 Å².